The fourth-order valence-electron chi connectivity index (χ4n) is 4.45. The predicted molar refractivity (Wildman–Crippen MR) is 164 cm³/mol. The number of aromatic nitrogens is 4. The van der Waals surface area contributed by atoms with Crippen molar-refractivity contribution in [1.29, 1.82) is 0 Å². The molecule has 0 unspecified atom stereocenters. The van der Waals surface area contributed by atoms with Gasteiger partial charge in [0, 0.05) is 13.0 Å². The predicted octanol–water partition coefficient (Wildman–Crippen LogP) is 2.05. The molecule has 2 amide bonds. The summed E-state index contributed by atoms with van der Waals surface area (Å²) in [4.78, 5) is 54.6. The van der Waals surface area contributed by atoms with E-state index in [1.165, 1.54) is 0 Å². The van der Waals surface area contributed by atoms with Gasteiger partial charge in [0.15, 0.2) is 33.5 Å². The minimum Gasteiger partial charge on any atom is -0.542 e. The maximum atomic E-state index is 13.2. The van der Waals surface area contributed by atoms with Crippen molar-refractivity contribution in [3.63, 3.8) is 0 Å². The molecule has 2 heterocycles. The number of halogens is 4. The lowest BCUT2D eigenvalue weighted by atomic mass is 10.1. The molecule has 0 fully saturated rings. The first-order valence-corrected chi connectivity index (χ1v) is 14.9. The number of ether oxygens (including phenoxy) is 1. The van der Waals surface area contributed by atoms with Crippen LogP contribution < -0.4 is 31.8 Å². The summed E-state index contributed by atoms with van der Waals surface area (Å²) in [5.41, 5.74) is 13.0. The number of nitrogens with zero attached hydrogens (tertiary/aromatic N) is 4. The number of imidazole rings is 1. The third kappa shape index (κ3) is 10.7. The number of aliphatic carboxylic acids is 1. The molecular weight excluding hydrogens is 649 g/mol. The van der Waals surface area contributed by atoms with Crippen LogP contribution in [0, 0.1) is 0 Å². The number of esters is 1. The number of carboxylic acids is 1. The van der Waals surface area contributed by atoms with E-state index in [0.29, 0.717) is 44.5 Å². The highest BCUT2D eigenvalue weighted by molar-refractivity contribution is 6.31. The van der Waals surface area contributed by atoms with Crippen LogP contribution in [0.1, 0.15) is 80.6 Å². The highest BCUT2D eigenvalue weighted by Gasteiger charge is 2.29. The zero-order chi connectivity index (χ0) is 35.7. The number of nitrogens with two attached hydrogens (primary N) is 2. The van der Waals surface area contributed by atoms with E-state index in [2.05, 4.69) is 20.6 Å². The number of fused-ring (bicyclic) bond motifs is 1. The summed E-state index contributed by atoms with van der Waals surface area (Å²) >= 11 is 5.93. The van der Waals surface area contributed by atoms with Crippen LogP contribution in [0.2, 0.25) is 5.15 Å². The quantitative estimate of drug-likeness (QED) is 0.131. The fourth-order valence-corrected chi connectivity index (χ4v) is 4.58. The minimum atomic E-state index is -5.19. The molecule has 14 nitrogen and oxygen atoms in total. The van der Waals surface area contributed by atoms with E-state index < -0.39 is 23.7 Å². The number of hydrogen-bond donors (Lipinski definition) is 4. The molecule has 0 aliphatic rings. The van der Waals surface area contributed by atoms with Crippen molar-refractivity contribution in [2.75, 3.05) is 18.0 Å². The van der Waals surface area contributed by atoms with E-state index in [-0.39, 0.29) is 40.9 Å². The molecule has 3 rings (SSSR count). The summed E-state index contributed by atoms with van der Waals surface area (Å²) < 4.78 is 40.9. The summed E-state index contributed by atoms with van der Waals surface area (Å²) in [5.74, 6) is -3.41. The lowest BCUT2D eigenvalue weighted by molar-refractivity contribution is -0.676. The van der Waals surface area contributed by atoms with Crippen molar-refractivity contribution in [3.8, 4) is 0 Å². The molecule has 0 aliphatic carbocycles. The van der Waals surface area contributed by atoms with Gasteiger partial charge >= 0.3 is 12.1 Å². The van der Waals surface area contributed by atoms with E-state index >= 15 is 0 Å². The molecule has 0 saturated carbocycles. The molecule has 0 radical (unpaired) electrons. The molecular formula is C29H38ClF3N8O6. The van der Waals surface area contributed by atoms with Crippen LogP contribution in [0.3, 0.4) is 0 Å². The lowest BCUT2D eigenvalue weighted by Crippen LogP contribution is -2.41. The summed E-state index contributed by atoms with van der Waals surface area (Å²) in [6.45, 7) is 11.2. The number of aryl methyl sites for hydroxylation is 2. The highest BCUT2D eigenvalue weighted by atomic mass is 35.5. The first-order chi connectivity index (χ1) is 21.8. The number of alkyl halides is 3. The van der Waals surface area contributed by atoms with Crippen molar-refractivity contribution in [3.05, 3.63) is 40.4 Å². The normalized spacial score (nSPS) is 11.4. The van der Waals surface area contributed by atoms with Gasteiger partial charge in [-0.3, -0.25) is 14.4 Å². The number of benzene rings is 1. The Hall–Kier alpha value is -4.67. The van der Waals surface area contributed by atoms with Gasteiger partial charge in [0.05, 0.1) is 18.7 Å². The smallest absolute Gasteiger partial charge is 0.430 e. The first kappa shape index (κ1) is 38.5. The number of para-hydroxylation sites is 1. The van der Waals surface area contributed by atoms with E-state index in [9.17, 15) is 27.6 Å². The number of nitrogen functional groups attached to an aromatic ring is 2. The summed E-state index contributed by atoms with van der Waals surface area (Å²) in [6, 6.07) is 5.55. The number of carboxylic acid groups (broad SMARTS) is 1. The van der Waals surface area contributed by atoms with Crippen molar-refractivity contribution < 1.29 is 46.8 Å². The molecule has 0 spiro atoms. The van der Waals surface area contributed by atoms with E-state index in [1.54, 1.807) is 6.07 Å². The van der Waals surface area contributed by atoms with E-state index in [0.717, 1.165) is 16.9 Å². The number of unbranched alkanes of at least 4 members (excludes halogenated alkanes) is 1. The fraction of sp³-hybridized carbons (Fsp3) is 0.483. The zero-order valence-electron chi connectivity index (χ0n) is 26.6. The van der Waals surface area contributed by atoms with Crippen LogP contribution in [-0.2, 0) is 34.0 Å². The lowest BCUT2D eigenvalue weighted by Gasteiger charge is -2.19. The zero-order valence-corrected chi connectivity index (χ0v) is 27.3. The van der Waals surface area contributed by atoms with Gasteiger partial charge < -0.3 is 36.7 Å². The van der Waals surface area contributed by atoms with Crippen molar-refractivity contribution in [1.82, 2.24) is 25.2 Å². The standard InChI is InChI=1S/C27H37ClN8O4.C2HF3O2/c1-6-35-17-12-10-11-16(25(38)31-14-9-8-13-19(37)40-27(3,4)5)21(17)36(7-2)18(35)15-32-26(39)20-23(29)34-24(30)22(28)33-20;3-2(4,5)1(6)7/h10-12H,6-9,13-15H2,1-5H3,(H5-,29,30,31,32,34,38,39);(H,6,7). The third-order valence-electron chi connectivity index (χ3n) is 6.35. The van der Waals surface area contributed by atoms with Crippen molar-refractivity contribution in [2.45, 2.75) is 85.3 Å². The SMILES string of the molecule is CCn1c(CNC(=O)c2nc(Cl)c(N)nc2N)[n+](CC)c2c(C(=O)NCCCCC(=O)OC(C)(C)C)cccc21.O=C([O-])C(F)(F)F. The second-order valence-corrected chi connectivity index (χ2v) is 11.3. The molecule has 1 aromatic carbocycles. The van der Waals surface area contributed by atoms with Crippen LogP contribution in [0.15, 0.2) is 18.2 Å². The molecule has 0 bridgehead atoms. The Balaban J connectivity index is 0.000000984. The average molecular weight is 687 g/mol. The highest BCUT2D eigenvalue weighted by Crippen LogP contribution is 2.21. The average Bonchev–Trinajstić information content (AvgIpc) is 3.28. The number of hydrogen-bond acceptors (Lipinski definition) is 10. The van der Waals surface area contributed by atoms with E-state index in [1.807, 2.05) is 55.9 Å². The Kier molecular flexibility index (Phi) is 13.3. The minimum absolute atomic E-state index is 0.0560. The van der Waals surface area contributed by atoms with Crippen LogP contribution >= 0.6 is 11.6 Å². The molecule has 0 aliphatic heterocycles. The first-order valence-electron chi connectivity index (χ1n) is 14.5. The van der Waals surface area contributed by atoms with Gasteiger partial charge in [0.2, 0.25) is 0 Å². The van der Waals surface area contributed by atoms with Gasteiger partial charge in [-0.2, -0.15) is 13.2 Å². The number of nitrogens with one attached hydrogen (secondary N) is 2. The Morgan fingerprint density at radius 2 is 1.66 bits per heavy atom. The van der Waals surface area contributed by atoms with Crippen LogP contribution in [0.4, 0.5) is 24.8 Å². The third-order valence-corrected chi connectivity index (χ3v) is 6.63. The van der Waals surface area contributed by atoms with Gasteiger partial charge in [0.25, 0.3) is 17.6 Å². The Morgan fingerprint density at radius 3 is 2.21 bits per heavy atom. The number of carbonyl (C=O) groups is 4. The molecule has 18 heteroatoms. The topological polar surface area (TPSA) is 211 Å². The van der Waals surface area contributed by atoms with Gasteiger partial charge in [-0.05, 0) is 59.6 Å². The van der Waals surface area contributed by atoms with Gasteiger partial charge in [-0.1, -0.05) is 17.7 Å². The summed E-state index contributed by atoms with van der Waals surface area (Å²) in [7, 11) is 0. The van der Waals surface area contributed by atoms with Gasteiger partial charge in [-0.25, -0.2) is 19.1 Å². The molecule has 0 atom stereocenters. The molecule has 2 aromatic heterocycles. The second kappa shape index (κ2) is 16.2. The molecule has 6 N–H and O–H groups in total. The van der Waals surface area contributed by atoms with Crippen molar-refractivity contribution >= 4 is 58.0 Å². The monoisotopic (exact) mass is 686 g/mol. The molecule has 258 valence electrons. The molecule has 0 saturated heterocycles. The van der Waals surface area contributed by atoms with Crippen LogP contribution in [0.5, 0.6) is 0 Å². The molecule has 3 aromatic rings. The Morgan fingerprint density at radius 1 is 1.02 bits per heavy atom. The Labute approximate surface area is 273 Å². The van der Waals surface area contributed by atoms with Gasteiger partial charge in [0.1, 0.15) is 18.1 Å². The summed E-state index contributed by atoms with van der Waals surface area (Å²) in [5, 5.41) is 14.5. The number of anilines is 2. The van der Waals surface area contributed by atoms with Crippen LogP contribution in [-0.4, -0.2) is 56.6 Å². The maximum Gasteiger partial charge on any atom is 0.430 e. The Bertz CT molecular complexity index is 1620. The number of rotatable bonds is 11. The van der Waals surface area contributed by atoms with Gasteiger partial charge in [-0.15, -0.1) is 0 Å². The number of amides is 2. The number of carbonyl (C=O) groups excluding carboxylic acids is 4. The molecule has 47 heavy (non-hydrogen) atoms. The van der Waals surface area contributed by atoms with E-state index in [4.69, 9.17) is 37.7 Å². The largest absolute Gasteiger partial charge is 0.542 e. The van der Waals surface area contributed by atoms with Crippen LogP contribution in [0.25, 0.3) is 11.0 Å². The summed E-state index contributed by atoms with van der Waals surface area (Å²) in [6.07, 6.45) is -3.64. The van der Waals surface area contributed by atoms with Crippen molar-refractivity contribution in [2.24, 2.45) is 0 Å². The maximum absolute atomic E-state index is 13.2. The second-order valence-electron chi connectivity index (χ2n) is 11.0.